The summed E-state index contributed by atoms with van der Waals surface area (Å²) < 4.78 is 0. The molecule has 0 heterocycles. The number of thiol groups is 1. The number of carbonyl (C=O) groups is 4. The van der Waals surface area contributed by atoms with Crippen LogP contribution in [-0.2, 0) is 19.2 Å². The number of hydrogen-bond donors (Lipinski definition) is 6. The fraction of sp³-hybridized carbons (Fsp3) is 0.800. The van der Waals surface area contributed by atoms with Crippen molar-refractivity contribution in [2.24, 2.45) is 23.5 Å². The van der Waals surface area contributed by atoms with E-state index in [0.29, 0.717) is 6.42 Å². The topological polar surface area (TPSA) is 151 Å². The molecule has 30 heavy (non-hydrogen) atoms. The van der Waals surface area contributed by atoms with Crippen LogP contribution in [0.1, 0.15) is 54.4 Å². The van der Waals surface area contributed by atoms with Crippen molar-refractivity contribution in [3.05, 3.63) is 0 Å². The minimum atomic E-state index is -1.21. The Morgan fingerprint density at radius 2 is 1.43 bits per heavy atom. The van der Waals surface area contributed by atoms with Gasteiger partial charge in [-0.25, -0.2) is 4.79 Å². The SMILES string of the molecule is CCC(C)C(N)C(=O)NC(C(=O)NC(CC(C)C)C(=O)NC(CS)C(=O)O)C(C)C. The lowest BCUT2D eigenvalue weighted by atomic mass is 9.97. The summed E-state index contributed by atoms with van der Waals surface area (Å²) in [7, 11) is 0. The van der Waals surface area contributed by atoms with E-state index >= 15 is 0 Å². The van der Waals surface area contributed by atoms with Crippen molar-refractivity contribution in [2.75, 3.05) is 5.75 Å². The lowest BCUT2D eigenvalue weighted by Gasteiger charge is -2.28. The number of aliphatic carboxylic acids is 1. The average Bonchev–Trinajstić information content (AvgIpc) is 2.66. The minimum absolute atomic E-state index is 0.0467. The lowest BCUT2D eigenvalue weighted by Crippen LogP contribution is -2.59. The van der Waals surface area contributed by atoms with Gasteiger partial charge < -0.3 is 26.8 Å². The smallest absolute Gasteiger partial charge is 0.327 e. The zero-order chi connectivity index (χ0) is 23.6. The van der Waals surface area contributed by atoms with Crippen LogP contribution in [0.4, 0.5) is 0 Å². The highest BCUT2D eigenvalue weighted by atomic mass is 32.1. The molecule has 10 heteroatoms. The van der Waals surface area contributed by atoms with E-state index in [0.717, 1.165) is 6.42 Å². The van der Waals surface area contributed by atoms with Crippen molar-refractivity contribution in [3.63, 3.8) is 0 Å². The molecule has 0 fully saturated rings. The fourth-order valence-electron chi connectivity index (χ4n) is 2.72. The van der Waals surface area contributed by atoms with Gasteiger partial charge in [0.2, 0.25) is 17.7 Å². The normalized spacial score (nSPS) is 16.3. The van der Waals surface area contributed by atoms with Crippen molar-refractivity contribution >= 4 is 36.3 Å². The van der Waals surface area contributed by atoms with Gasteiger partial charge in [0.25, 0.3) is 0 Å². The number of amides is 3. The third-order valence-corrected chi connectivity index (χ3v) is 5.31. The Balaban J connectivity index is 5.38. The summed E-state index contributed by atoms with van der Waals surface area (Å²) in [6.07, 6.45) is 1.03. The van der Waals surface area contributed by atoms with E-state index in [2.05, 4.69) is 28.6 Å². The Labute approximate surface area is 184 Å². The maximum absolute atomic E-state index is 12.9. The van der Waals surface area contributed by atoms with Gasteiger partial charge >= 0.3 is 5.97 Å². The highest BCUT2D eigenvalue weighted by molar-refractivity contribution is 7.80. The standard InChI is InChI=1S/C20H38N4O5S/c1-7-12(6)15(21)18(26)24-16(11(4)5)19(27)22-13(8-10(2)3)17(25)23-14(9-30)20(28)29/h10-16,30H,7-9,21H2,1-6H3,(H,22,27)(H,23,25)(H,24,26)(H,28,29). The van der Waals surface area contributed by atoms with Gasteiger partial charge in [0.05, 0.1) is 6.04 Å². The molecular formula is C20H38N4O5S. The van der Waals surface area contributed by atoms with Crippen LogP contribution in [0, 0.1) is 17.8 Å². The third-order valence-electron chi connectivity index (χ3n) is 4.94. The number of nitrogens with one attached hydrogen (secondary N) is 3. The quantitative estimate of drug-likeness (QED) is 0.227. The van der Waals surface area contributed by atoms with Crippen LogP contribution in [0.3, 0.4) is 0 Å². The first kappa shape index (κ1) is 28.2. The van der Waals surface area contributed by atoms with E-state index in [1.54, 1.807) is 13.8 Å². The van der Waals surface area contributed by atoms with Gasteiger partial charge in [0.15, 0.2) is 0 Å². The molecule has 5 unspecified atom stereocenters. The van der Waals surface area contributed by atoms with Gasteiger partial charge in [-0.05, 0) is 24.2 Å². The summed E-state index contributed by atoms with van der Waals surface area (Å²) in [5.41, 5.74) is 5.96. The molecule has 0 saturated carbocycles. The summed E-state index contributed by atoms with van der Waals surface area (Å²) in [5, 5.41) is 16.9. The molecular weight excluding hydrogens is 408 g/mol. The molecule has 3 amide bonds. The molecule has 0 aromatic carbocycles. The first-order valence-corrected chi connectivity index (χ1v) is 11.0. The van der Waals surface area contributed by atoms with Crippen molar-refractivity contribution in [1.29, 1.82) is 0 Å². The molecule has 0 aliphatic rings. The van der Waals surface area contributed by atoms with E-state index in [1.807, 2.05) is 27.7 Å². The Morgan fingerprint density at radius 1 is 0.900 bits per heavy atom. The summed E-state index contributed by atoms with van der Waals surface area (Å²) in [4.78, 5) is 49.1. The van der Waals surface area contributed by atoms with Crippen molar-refractivity contribution in [3.8, 4) is 0 Å². The summed E-state index contributed by atoms with van der Waals surface area (Å²) in [6, 6.07) is -3.73. The Hall–Kier alpha value is -1.81. The average molecular weight is 447 g/mol. The molecule has 174 valence electrons. The predicted molar refractivity (Wildman–Crippen MR) is 119 cm³/mol. The van der Waals surface area contributed by atoms with Gasteiger partial charge in [-0.1, -0.05) is 48.0 Å². The molecule has 0 spiro atoms. The van der Waals surface area contributed by atoms with Gasteiger partial charge in [0, 0.05) is 5.75 Å². The largest absolute Gasteiger partial charge is 0.480 e. The van der Waals surface area contributed by atoms with Crippen LogP contribution < -0.4 is 21.7 Å². The van der Waals surface area contributed by atoms with Crippen molar-refractivity contribution in [2.45, 2.75) is 78.6 Å². The lowest BCUT2D eigenvalue weighted by molar-refractivity contribution is -0.141. The summed E-state index contributed by atoms with van der Waals surface area (Å²) in [6.45, 7) is 11.1. The Morgan fingerprint density at radius 3 is 1.83 bits per heavy atom. The summed E-state index contributed by atoms with van der Waals surface area (Å²) in [5.74, 6) is -3.08. The Bertz CT molecular complexity index is 600. The maximum Gasteiger partial charge on any atom is 0.327 e. The van der Waals surface area contributed by atoms with E-state index in [4.69, 9.17) is 10.8 Å². The molecule has 6 N–H and O–H groups in total. The number of carbonyl (C=O) groups excluding carboxylic acids is 3. The molecule has 0 bridgehead atoms. The monoisotopic (exact) mass is 446 g/mol. The van der Waals surface area contributed by atoms with Gasteiger partial charge in [0.1, 0.15) is 18.1 Å². The second kappa shape index (κ2) is 13.5. The molecule has 0 aromatic heterocycles. The number of rotatable bonds is 13. The van der Waals surface area contributed by atoms with Crippen LogP contribution >= 0.6 is 12.6 Å². The van der Waals surface area contributed by atoms with E-state index < -0.39 is 47.9 Å². The molecule has 0 rings (SSSR count). The third kappa shape index (κ3) is 9.34. The fourth-order valence-corrected chi connectivity index (χ4v) is 2.97. The molecule has 0 aromatic rings. The zero-order valence-electron chi connectivity index (χ0n) is 18.8. The minimum Gasteiger partial charge on any atom is -0.480 e. The van der Waals surface area contributed by atoms with Gasteiger partial charge in [-0.2, -0.15) is 12.6 Å². The predicted octanol–water partition coefficient (Wildman–Crippen LogP) is 0.531. The molecule has 0 saturated heterocycles. The second-order valence-corrected chi connectivity index (χ2v) is 8.78. The molecule has 9 nitrogen and oxygen atoms in total. The number of carboxylic acids is 1. The molecule has 0 radical (unpaired) electrons. The van der Waals surface area contributed by atoms with Crippen LogP contribution in [0.2, 0.25) is 0 Å². The van der Waals surface area contributed by atoms with E-state index in [-0.39, 0.29) is 23.5 Å². The van der Waals surface area contributed by atoms with Crippen molar-refractivity contribution in [1.82, 2.24) is 16.0 Å². The summed E-state index contributed by atoms with van der Waals surface area (Å²) >= 11 is 3.94. The number of hydrogen-bond acceptors (Lipinski definition) is 6. The van der Waals surface area contributed by atoms with Crippen LogP contribution in [0.25, 0.3) is 0 Å². The highest BCUT2D eigenvalue weighted by Gasteiger charge is 2.32. The number of carboxylic acid groups (broad SMARTS) is 1. The van der Waals surface area contributed by atoms with Crippen LogP contribution in [0.15, 0.2) is 0 Å². The zero-order valence-corrected chi connectivity index (χ0v) is 19.7. The first-order valence-electron chi connectivity index (χ1n) is 10.4. The Kier molecular flexibility index (Phi) is 12.7. The second-order valence-electron chi connectivity index (χ2n) is 8.41. The molecule has 0 aliphatic carbocycles. The van der Waals surface area contributed by atoms with Gasteiger partial charge in [-0.3, -0.25) is 14.4 Å². The highest BCUT2D eigenvalue weighted by Crippen LogP contribution is 2.10. The first-order chi connectivity index (χ1) is 13.8. The van der Waals surface area contributed by atoms with Crippen LogP contribution in [-0.4, -0.2) is 58.7 Å². The van der Waals surface area contributed by atoms with E-state index in [9.17, 15) is 19.2 Å². The van der Waals surface area contributed by atoms with E-state index in [1.165, 1.54) is 0 Å². The molecule has 0 aliphatic heterocycles. The van der Waals surface area contributed by atoms with Gasteiger partial charge in [-0.15, -0.1) is 0 Å². The van der Waals surface area contributed by atoms with Crippen LogP contribution in [0.5, 0.6) is 0 Å². The maximum atomic E-state index is 12.9. The molecule has 5 atom stereocenters. The number of nitrogens with two attached hydrogens (primary N) is 1. The van der Waals surface area contributed by atoms with Crippen molar-refractivity contribution < 1.29 is 24.3 Å².